The molecule has 2 aromatic carbocycles. The third kappa shape index (κ3) is 5.96. The number of ether oxygens (including phenoxy) is 2. The molecule has 0 saturated carbocycles. The number of carbonyl (C=O) groups excluding carboxylic acids is 2. The zero-order valence-electron chi connectivity index (χ0n) is 13.5. The Balaban J connectivity index is 1.95. The number of halogens is 2. The van der Waals surface area contributed by atoms with Gasteiger partial charge in [0.25, 0.3) is 5.91 Å². The van der Waals surface area contributed by atoms with Crippen molar-refractivity contribution in [2.45, 2.75) is 12.5 Å². The van der Waals surface area contributed by atoms with Crippen molar-refractivity contribution in [1.82, 2.24) is 5.32 Å². The van der Waals surface area contributed by atoms with Gasteiger partial charge >= 0.3 is 5.97 Å². The van der Waals surface area contributed by atoms with E-state index in [4.69, 9.17) is 32.7 Å². The molecule has 1 amide bonds. The quantitative estimate of drug-likeness (QED) is 0.747. The number of benzene rings is 2. The zero-order chi connectivity index (χ0) is 18.2. The monoisotopic (exact) mass is 381 g/mol. The first kappa shape index (κ1) is 19.1. The van der Waals surface area contributed by atoms with Crippen molar-refractivity contribution in [2.24, 2.45) is 0 Å². The minimum atomic E-state index is -0.802. The lowest BCUT2D eigenvalue weighted by atomic mass is 10.1. The summed E-state index contributed by atoms with van der Waals surface area (Å²) in [6.07, 6.45) is 0.320. The highest BCUT2D eigenvalue weighted by molar-refractivity contribution is 6.35. The Hall–Kier alpha value is -2.24. The van der Waals surface area contributed by atoms with E-state index in [9.17, 15) is 9.59 Å². The predicted octanol–water partition coefficient (Wildman–Crippen LogP) is 3.27. The van der Waals surface area contributed by atoms with Crippen LogP contribution < -0.4 is 10.1 Å². The molecular formula is C18H17Cl2NO4. The Bertz CT molecular complexity index is 737. The van der Waals surface area contributed by atoms with Crippen molar-refractivity contribution in [3.05, 3.63) is 64.1 Å². The number of methoxy groups -OCH3 is 1. The SMILES string of the molecule is COC(=O)[C@H](Cc1ccccc1)NC(=O)COc1ccc(Cl)cc1Cl. The molecule has 5 nitrogen and oxygen atoms in total. The summed E-state index contributed by atoms with van der Waals surface area (Å²) in [5, 5.41) is 3.38. The second-order valence-electron chi connectivity index (χ2n) is 5.20. The van der Waals surface area contributed by atoms with Crippen molar-refractivity contribution < 1.29 is 19.1 Å². The first-order chi connectivity index (χ1) is 12.0. The van der Waals surface area contributed by atoms with Crippen molar-refractivity contribution in [3.63, 3.8) is 0 Å². The highest BCUT2D eigenvalue weighted by Gasteiger charge is 2.22. The van der Waals surface area contributed by atoms with Crippen molar-refractivity contribution in [2.75, 3.05) is 13.7 Å². The molecule has 132 valence electrons. The maximum atomic E-state index is 12.1. The van der Waals surface area contributed by atoms with E-state index in [1.165, 1.54) is 13.2 Å². The topological polar surface area (TPSA) is 64.6 Å². The van der Waals surface area contributed by atoms with E-state index < -0.39 is 17.9 Å². The van der Waals surface area contributed by atoms with E-state index in [0.29, 0.717) is 22.2 Å². The second kappa shape index (κ2) is 9.30. The maximum Gasteiger partial charge on any atom is 0.328 e. The summed E-state index contributed by atoms with van der Waals surface area (Å²) >= 11 is 11.8. The number of rotatable bonds is 7. The summed E-state index contributed by atoms with van der Waals surface area (Å²) in [4.78, 5) is 24.0. The second-order valence-corrected chi connectivity index (χ2v) is 6.04. The van der Waals surface area contributed by atoms with Gasteiger partial charge in [0.1, 0.15) is 11.8 Å². The van der Waals surface area contributed by atoms with Gasteiger partial charge in [-0.15, -0.1) is 0 Å². The smallest absolute Gasteiger partial charge is 0.328 e. The lowest BCUT2D eigenvalue weighted by molar-refractivity contribution is -0.145. The Kier molecular flexibility index (Phi) is 7.10. The lowest BCUT2D eigenvalue weighted by Gasteiger charge is -2.17. The number of hydrogen-bond donors (Lipinski definition) is 1. The van der Waals surface area contributed by atoms with Crippen LogP contribution in [0, 0.1) is 0 Å². The first-order valence-electron chi connectivity index (χ1n) is 7.48. The van der Waals surface area contributed by atoms with Crippen LogP contribution in [0.15, 0.2) is 48.5 Å². The van der Waals surface area contributed by atoms with Crippen molar-refractivity contribution in [3.8, 4) is 5.75 Å². The molecule has 0 fully saturated rings. The summed E-state index contributed by atoms with van der Waals surface area (Å²) in [7, 11) is 1.27. The summed E-state index contributed by atoms with van der Waals surface area (Å²) in [6, 6.07) is 13.2. The third-order valence-corrected chi connectivity index (χ3v) is 3.89. The van der Waals surface area contributed by atoms with Gasteiger partial charge in [0, 0.05) is 11.4 Å². The molecule has 0 aliphatic rings. The van der Waals surface area contributed by atoms with Crippen LogP contribution >= 0.6 is 23.2 Å². The molecule has 0 aliphatic carbocycles. The predicted molar refractivity (Wildman–Crippen MR) is 96.0 cm³/mol. The van der Waals surface area contributed by atoms with E-state index in [1.54, 1.807) is 12.1 Å². The Morgan fingerprint density at radius 2 is 1.84 bits per heavy atom. The largest absolute Gasteiger partial charge is 0.482 e. The highest BCUT2D eigenvalue weighted by Crippen LogP contribution is 2.27. The molecule has 2 aromatic rings. The minimum Gasteiger partial charge on any atom is -0.482 e. The Labute approximate surface area is 155 Å². The summed E-state index contributed by atoms with van der Waals surface area (Å²) in [5.41, 5.74) is 0.903. The Morgan fingerprint density at radius 3 is 2.48 bits per heavy atom. The van der Waals surface area contributed by atoms with Gasteiger partial charge in [-0.1, -0.05) is 53.5 Å². The van der Waals surface area contributed by atoms with Gasteiger partial charge in [-0.25, -0.2) is 4.79 Å². The van der Waals surface area contributed by atoms with Gasteiger partial charge in [0.2, 0.25) is 0 Å². The number of carbonyl (C=O) groups is 2. The normalized spacial score (nSPS) is 11.5. The van der Waals surface area contributed by atoms with Crippen molar-refractivity contribution in [1.29, 1.82) is 0 Å². The van der Waals surface area contributed by atoms with Gasteiger partial charge < -0.3 is 14.8 Å². The average molecular weight is 382 g/mol. The molecule has 1 N–H and O–H groups in total. The molecule has 0 radical (unpaired) electrons. The number of hydrogen-bond acceptors (Lipinski definition) is 4. The molecule has 2 rings (SSSR count). The molecule has 0 heterocycles. The molecule has 0 unspecified atom stereocenters. The van der Waals surface area contributed by atoms with Gasteiger partial charge in [0.15, 0.2) is 6.61 Å². The number of amides is 1. The molecule has 0 aliphatic heterocycles. The van der Waals surface area contributed by atoms with Crippen LogP contribution in [0.2, 0.25) is 10.0 Å². The molecule has 0 bridgehead atoms. The fraction of sp³-hybridized carbons (Fsp3) is 0.222. The van der Waals surface area contributed by atoms with Crippen LogP contribution in [0.5, 0.6) is 5.75 Å². The zero-order valence-corrected chi connectivity index (χ0v) is 15.0. The standard InChI is InChI=1S/C18H17Cl2NO4/c1-24-18(23)15(9-12-5-3-2-4-6-12)21-17(22)11-25-16-8-7-13(19)10-14(16)20/h2-8,10,15H,9,11H2,1H3,(H,21,22)/t15-/m0/s1. The maximum absolute atomic E-state index is 12.1. The lowest BCUT2D eigenvalue weighted by Crippen LogP contribution is -2.44. The highest BCUT2D eigenvalue weighted by atomic mass is 35.5. The summed E-state index contributed by atoms with van der Waals surface area (Å²) < 4.78 is 10.1. The molecule has 25 heavy (non-hydrogen) atoms. The number of nitrogens with one attached hydrogen (secondary N) is 1. The van der Waals surface area contributed by atoms with E-state index in [0.717, 1.165) is 5.56 Å². The van der Waals surface area contributed by atoms with Crippen LogP contribution in [-0.2, 0) is 20.7 Å². The Morgan fingerprint density at radius 1 is 1.12 bits per heavy atom. The van der Waals surface area contributed by atoms with Crippen LogP contribution in [0.4, 0.5) is 0 Å². The molecule has 1 atom stereocenters. The first-order valence-corrected chi connectivity index (χ1v) is 8.24. The van der Waals surface area contributed by atoms with E-state index >= 15 is 0 Å². The molecular weight excluding hydrogens is 365 g/mol. The van der Waals surface area contributed by atoms with Crippen LogP contribution in [0.25, 0.3) is 0 Å². The molecule has 0 spiro atoms. The molecule has 0 aromatic heterocycles. The summed E-state index contributed by atoms with van der Waals surface area (Å²) in [5.74, 6) is -0.655. The van der Waals surface area contributed by atoms with Crippen molar-refractivity contribution >= 4 is 35.1 Å². The van der Waals surface area contributed by atoms with E-state index in [-0.39, 0.29) is 6.61 Å². The van der Waals surface area contributed by atoms with Gasteiger partial charge in [0.05, 0.1) is 12.1 Å². The average Bonchev–Trinajstić information content (AvgIpc) is 2.60. The minimum absolute atomic E-state index is 0.288. The van der Waals surface area contributed by atoms with Crippen LogP contribution in [-0.4, -0.2) is 31.6 Å². The van der Waals surface area contributed by atoms with Crippen LogP contribution in [0.1, 0.15) is 5.56 Å². The number of esters is 1. The molecule has 7 heteroatoms. The van der Waals surface area contributed by atoms with Crippen LogP contribution in [0.3, 0.4) is 0 Å². The van der Waals surface area contributed by atoms with Gasteiger partial charge in [-0.2, -0.15) is 0 Å². The van der Waals surface area contributed by atoms with Gasteiger partial charge in [-0.3, -0.25) is 4.79 Å². The fourth-order valence-corrected chi connectivity index (χ4v) is 2.62. The summed E-state index contributed by atoms with van der Waals surface area (Å²) in [6.45, 7) is -0.288. The third-order valence-electron chi connectivity index (χ3n) is 3.36. The fourth-order valence-electron chi connectivity index (χ4n) is 2.16. The molecule has 0 saturated heterocycles. The van der Waals surface area contributed by atoms with E-state index in [2.05, 4.69) is 5.32 Å². The van der Waals surface area contributed by atoms with Gasteiger partial charge in [-0.05, 0) is 23.8 Å². The van der Waals surface area contributed by atoms with E-state index in [1.807, 2.05) is 30.3 Å².